The van der Waals surface area contributed by atoms with Crippen molar-refractivity contribution >= 4 is 29.2 Å². The molecule has 0 saturated heterocycles. The van der Waals surface area contributed by atoms with Gasteiger partial charge < -0.3 is 20.7 Å². The molecule has 0 radical (unpaired) electrons. The number of hydrogen-bond acceptors (Lipinski definition) is 6. The summed E-state index contributed by atoms with van der Waals surface area (Å²) in [4.78, 5) is 56.7. The molecular weight excluding hydrogens is 338 g/mol. The van der Waals surface area contributed by atoms with Crippen LogP contribution in [0.25, 0.3) is 0 Å². The highest BCUT2D eigenvalue weighted by Gasteiger charge is 2.11. The number of unbranched alkanes of at least 4 members (excludes halogenated alkanes) is 1. The Balaban J connectivity index is 3.72. The predicted octanol–water partition coefficient (Wildman–Crippen LogP) is 0.285. The summed E-state index contributed by atoms with van der Waals surface area (Å²) in [5.41, 5.74) is 0. The standard InChI is InChI=1S/C18H31N3O5/c1-13(22)7-9-18(26)21-12-15(24)8-10-17(25)20-11-5-4-6-16(19-3)14(2)23/h16,19H,4-12H2,1-3H3,(H,20,25)(H,21,26). The molecule has 148 valence electrons. The first-order valence-electron chi connectivity index (χ1n) is 8.98. The molecule has 0 spiro atoms. The van der Waals surface area contributed by atoms with Crippen LogP contribution in [0, 0.1) is 0 Å². The number of nitrogens with one attached hydrogen (secondary N) is 3. The molecule has 3 N–H and O–H groups in total. The van der Waals surface area contributed by atoms with Crippen LogP contribution in [0.15, 0.2) is 0 Å². The van der Waals surface area contributed by atoms with Gasteiger partial charge in [0.2, 0.25) is 11.8 Å². The Morgan fingerprint density at radius 3 is 2.00 bits per heavy atom. The molecule has 1 unspecified atom stereocenters. The minimum atomic E-state index is -0.344. The van der Waals surface area contributed by atoms with E-state index in [1.807, 2.05) is 0 Å². The molecule has 0 saturated carbocycles. The van der Waals surface area contributed by atoms with Crippen molar-refractivity contribution in [1.82, 2.24) is 16.0 Å². The lowest BCUT2D eigenvalue weighted by molar-refractivity contribution is -0.127. The maximum Gasteiger partial charge on any atom is 0.220 e. The number of amides is 2. The van der Waals surface area contributed by atoms with Crippen LogP contribution in [0.3, 0.4) is 0 Å². The Bertz CT molecular complexity index is 505. The molecule has 8 nitrogen and oxygen atoms in total. The molecule has 0 rings (SSSR count). The van der Waals surface area contributed by atoms with Gasteiger partial charge in [0.25, 0.3) is 0 Å². The van der Waals surface area contributed by atoms with E-state index in [0.29, 0.717) is 6.54 Å². The summed E-state index contributed by atoms with van der Waals surface area (Å²) >= 11 is 0. The van der Waals surface area contributed by atoms with E-state index in [1.165, 1.54) is 6.92 Å². The van der Waals surface area contributed by atoms with Crippen molar-refractivity contribution in [3.8, 4) is 0 Å². The van der Waals surface area contributed by atoms with Crippen LogP contribution in [0.1, 0.15) is 58.8 Å². The van der Waals surface area contributed by atoms with Crippen molar-refractivity contribution in [3.05, 3.63) is 0 Å². The summed E-state index contributed by atoms with van der Waals surface area (Å²) < 4.78 is 0. The molecule has 8 heteroatoms. The maximum absolute atomic E-state index is 11.7. The molecule has 0 aromatic carbocycles. The highest BCUT2D eigenvalue weighted by molar-refractivity contribution is 5.90. The van der Waals surface area contributed by atoms with Crippen LogP contribution in [0.5, 0.6) is 0 Å². The van der Waals surface area contributed by atoms with Gasteiger partial charge in [0, 0.05) is 32.2 Å². The van der Waals surface area contributed by atoms with E-state index in [9.17, 15) is 24.0 Å². The Labute approximate surface area is 154 Å². The molecule has 2 amide bonds. The summed E-state index contributed by atoms with van der Waals surface area (Å²) in [5, 5.41) is 8.12. The van der Waals surface area contributed by atoms with Crippen molar-refractivity contribution in [2.75, 3.05) is 20.1 Å². The van der Waals surface area contributed by atoms with E-state index in [4.69, 9.17) is 0 Å². The normalized spacial score (nSPS) is 11.5. The van der Waals surface area contributed by atoms with E-state index in [2.05, 4.69) is 16.0 Å². The van der Waals surface area contributed by atoms with Gasteiger partial charge in [-0.15, -0.1) is 0 Å². The van der Waals surface area contributed by atoms with E-state index in [-0.39, 0.29) is 67.4 Å². The third kappa shape index (κ3) is 13.2. The zero-order valence-corrected chi connectivity index (χ0v) is 16.0. The average Bonchev–Trinajstić information content (AvgIpc) is 2.58. The molecule has 0 aliphatic rings. The molecule has 1 atom stereocenters. The van der Waals surface area contributed by atoms with Gasteiger partial charge in [-0.3, -0.25) is 19.2 Å². The molecule has 0 bridgehead atoms. The number of carbonyl (C=O) groups excluding carboxylic acids is 5. The summed E-state index contributed by atoms with van der Waals surface area (Å²) in [6, 6.07) is -0.144. The summed E-state index contributed by atoms with van der Waals surface area (Å²) in [6.45, 7) is 3.33. The maximum atomic E-state index is 11.7. The highest BCUT2D eigenvalue weighted by atomic mass is 16.2. The zero-order valence-electron chi connectivity index (χ0n) is 16.0. The van der Waals surface area contributed by atoms with Crippen LogP contribution < -0.4 is 16.0 Å². The van der Waals surface area contributed by atoms with E-state index in [1.54, 1.807) is 14.0 Å². The van der Waals surface area contributed by atoms with Gasteiger partial charge in [-0.25, -0.2) is 0 Å². The van der Waals surface area contributed by atoms with Crippen molar-refractivity contribution in [3.63, 3.8) is 0 Å². The van der Waals surface area contributed by atoms with Crippen LogP contribution in [-0.2, 0) is 24.0 Å². The second-order valence-electron chi connectivity index (χ2n) is 6.32. The number of Topliss-reactive ketones (excluding diaryl/α,β-unsaturated/α-hetero) is 3. The summed E-state index contributed by atoms with van der Waals surface area (Å²) in [6.07, 6.45) is 2.67. The van der Waals surface area contributed by atoms with E-state index < -0.39 is 0 Å². The van der Waals surface area contributed by atoms with Gasteiger partial charge in [0.15, 0.2) is 5.78 Å². The molecule has 0 aliphatic heterocycles. The molecule has 0 aromatic heterocycles. The summed E-state index contributed by atoms with van der Waals surface area (Å²) in [7, 11) is 1.75. The molecule has 0 heterocycles. The van der Waals surface area contributed by atoms with Crippen LogP contribution in [0.2, 0.25) is 0 Å². The van der Waals surface area contributed by atoms with Crippen molar-refractivity contribution in [1.29, 1.82) is 0 Å². The fourth-order valence-electron chi connectivity index (χ4n) is 2.26. The van der Waals surface area contributed by atoms with Crippen molar-refractivity contribution < 1.29 is 24.0 Å². The zero-order chi connectivity index (χ0) is 19.9. The second kappa shape index (κ2) is 14.1. The first-order valence-corrected chi connectivity index (χ1v) is 8.98. The lowest BCUT2D eigenvalue weighted by atomic mass is 10.1. The molecule has 0 aliphatic carbocycles. The third-order valence-electron chi connectivity index (χ3n) is 3.90. The number of likely N-dealkylation sites (N-methyl/N-ethyl adjacent to an activating group) is 1. The molecule has 0 fully saturated rings. The third-order valence-corrected chi connectivity index (χ3v) is 3.90. The van der Waals surface area contributed by atoms with Gasteiger partial charge in [0.1, 0.15) is 11.6 Å². The first-order chi connectivity index (χ1) is 12.3. The smallest absolute Gasteiger partial charge is 0.220 e. The highest BCUT2D eigenvalue weighted by Crippen LogP contribution is 2.01. The van der Waals surface area contributed by atoms with Gasteiger partial charge in [-0.1, -0.05) is 0 Å². The van der Waals surface area contributed by atoms with Gasteiger partial charge in [0.05, 0.1) is 12.6 Å². The quantitative estimate of drug-likeness (QED) is 0.357. The average molecular weight is 369 g/mol. The lowest BCUT2D eigenvalue weighted by Gasteiger charge is -2.12. The van der Waals surface area contributed by atoms with Crippen molar-refractivity contribution in [2.45, 2.75) is 64.8 Å². The van der Waals surface area contributed by atoms with Crippen LogP contribution in [-0.4, -0.2) is 55.3 Å². The Hall–Kier alpha value is -2.09. The Morgan fingerprint density at radius 2 is 1.42 bits per heavy atom. The monoisotopic (exact) mass is 369 g/mol. The van der Waals surface area contributed by atoms with Crippen LogP contribution in [0.4, 0.5) is 0 Å². The second-order valence-corrected chi connectivity index (χ2v) is 6.32. The fourth-order valence-corrected chi connectivity index (χ4v) is 2.26. The van der Waals surface area contributed by atoms with Crippen molar-refractivity contribution in [2.24, 2.45) is 0 Å². The SMILES string of the molecule is CNC(CCCCNC(=O)CCC(=O)CNC(=O)CCC(C)=O)C(C)=O. The molecule has 0 aromatic rings. The molecular formula is C18H31N3O5. The topological polar surface area (TPSA) is 121 Å². The Kier molecular flexibility index (Phi) is 13.0. The number of ketones is 3. The van der Waals surface area contributed by atoms with Gasteiger partial charge in [-0.2, -0.15) is 0 Å². The van der Waals surface area contributed by atoms with E-state index in [0.717, 1.165) is 19.3 Å². The minimum Gasteiger partial charge on any atom is -0.356 e. The lowest BCUT2D eigenvalue weighted by Crippen LogP contribution is -2.32. The van der Waals surface area contributed by atoms with Gasteiger partial charge >= 0.3 is 0 Å². The number of hydrogen-bond donors (Lipinski definition) is 3. The fraction of sp³-hybridized carbons (Fsp3) is 0.722. The first kappa shape index (κ1) is 23.9. The largest absolute Gasteiger partial charge is 0.356 e. The number of carbonyl (C=O) groups is 5. The van der Waals surface area contributed by atoms with E-state index >= 15 is 0 Å². The summed E-state index contributed by atoms with van der Waals surface area (Å²) in [5.74, 6) is -0.759. The Morgan fingerprint density at radius 1 is 0.808 bits per heavy atom. The predicted molar refractivity (Wildman–Crippen MR) is 97.6 cm³/mol. The van der Waals surface area contributed by atoms with Gasteiger partial charge in [-0.05, 0) is 40.2 Å². The molecule has 26 heavy (non-hydrogen) atoms. The number of rotatable bonds is 15. The van der Waals surface area contributed by atoms with Crippen LogP contribution >= 0.6 is 0 Å². The minimum absolute atomic E-state index is 0.0605.